The third-order valence-corrected chi connectivity index (χ3v) is 13.1. The van der Waals surface area contributed by atoms with Crippen molar-refractivity contribution < 1.29 is 47.6 Å². The number of benzene rings is 2. The van der Waals surface area contributed by atoms with Crippen LogP contribution >= 0.6 is 22.7 Å². The van der Waals surface area contributed by atoms with Crippen LogP contribution in [0.2, 0.25) is 0 Å². The summed E-state index contributed by atoms with van der Waals surface area (Å²) in [4.78, 5) is 66.7. The summed E-state index contributed by atoms with van der Waals surface area (Å²) in [5, 5.41) is 32.7. The number of morpholine rings is 1. The lowest BCUT2D eigenvalue weighted by Crippen LogP contribution is -2.59. The maximum Gasteiger partial charge on any atom is 0.257 e. The van der Waals surface area contributed by atoms with Crippen molar-refractivity contribution in [2.45, 2.75) is 97.1 Å². The predicted octanol–water partition coefficient (Wildman–Crippen LogP) is 5.28. The maximum absolute atomic E-state index is 14.9. The summed E-state index contributed by atoms with van der Waals surface area (Å²) >= 11 is 2.87. The molecule has 1 unspecified atom stereocenters. The summed E-state index contributed by atoms with van der Waals surface area (Å²) in [6, 6.07) is 7.38. The molecule has 346 valence electrons. The number of carbonyl (C=O) groups excluding carboxylic acids is 4. The summed E-state index contributed by atoms with van der Waals surface area (Å²) in [7, 11) is 0. The highest BCUT2D eigenvalue weighted by Crippen LogP contribution is 2.37. The van der Waals surface area contributed by atoms with E-state index in [4.69, 9.17) is 9.47 Å². The standard InChI is InChI=1S/C45H57F2N7O8S2/c1-27-39(64-26-49-27)28-11-13-29(14-12-28)45(5,60)52-41(58)34-22-30(55)23-54(34)42(59)40(44(2,3)4)51-35(56)10-8-6-7-9-17-48-36(57)24-62-38-31(15-16-32(46)37(38)47)33-25-63-43(50-33)53-18-20-61-21-19-53/h11-16,25-26,30,34,40,55,60H,6-10,17-24H2,1-5H3,(H,48,57)(H,51,56)(H,52,58)/t30-,34+,40-,45?/m1/s1. The number of anilines is 1. The monoisotopic (exact) mass is 925 g/mol. The van der Waals surface area contributed by atoms with Gasteiger partial charge in [-0.15, -0.1) is 22.7 Å². The van der Waals surface area contributed by atoms with Crippen LogP contribution in [0.4, 0.5) is 13.9 Å². The van der Waals surface area contributed by atoms with Crippen molar-refractivity contribution in [1.82, 2.24) is 30.8 Å². The number of likely N-dealkylation sites (tertiary alicyclic amines) is 1. The fraction of sp³-hybridized carbons (Fsp3) is 0.511. The first-order chi connectivity index (χ1) is 30.4. The molecule has 4 amide bonds. The number of amides is 4. The Hall–Kier alpha value is -5.08. The van der Waals surface area contributed by atoms with Crippen molar-refractivity contribution in [3.8, 4) is 27.4 Å². The van der Waals surface area contributed by atoms with Gasteiger partial charge in [0.15, 0.2) is 29.0 Å². The molecular formula is C45H57F2N7O8S2. The lowest BCUT2D eigenvalue weighted by atomic mass is 9.85. The Morgan fingerprint density at radius 1 is 0.984 bits per heavy atom. The topological polar surface area (TPSA) is 196 Å². The average Bonchev–Trinajstić information content (AvgIpc) is 4.03. The molecule has 19 heteroatoms. The predicted molar refractivity (Wildman–Crippen MR) is 240 cm³/mol. The van der Waals surface area contributed by atoms with Crippen LogP contribution in [0, 0.1) is 24.0 Å². The zero-order valence-corrected chi connectivity index (χ0v) is 38.4. The Labute approximate surface area is 379 Å². The van der Waals surface area contributed by atoms with E-state index in [-0.39, 0.29) is 30.9 Å². The number of hydrogen-bond acceptors (Lipinski definition) is 13. The molecule has 2 fully saturated rings. The minimum Gasteiger partial charge on any atom is -0.480 e. The third kappa shape index (κ3) is 12.2. The molecule has 6 rings (SSSR count). The van der Waals surface area contributed by atoms with Crippen LogP contribution in [0.1, 0.15) is 77.5 Å². The average molecular weight is 926 g/mol. The normalized spacial score (nSPS) is 18.0. The molecule has 0 aliphatic carbocycles. The van der Waals surface area contributed by atoms with Crippen LogP contribution in [0.15, 0.2) is 47.3 Å². The molecule has 0 radical (unpaired) electrons. The quantitative estimate of drug-likeness (QED) is 0.0644. The number of nitrogens with zero attached hydrogens (tertiary/aromatic N) is 4. The number of aliphatic hydroxyl groups excluding tert-OH is 1. The Balaban J connectivity index is 0.931. The second-order valence-corrected chi connectivity index (χ2v) is 19.0. The molecule has 64 heavy (non-hydrogen) atoms. The SMILES string of the molecule is Cc1ncsc1-c1ccc(C(C)(O)NC(=O)[C@@H]2C[C@@H](O)CN2C(=O)[C@@H](NC(=O)CCCCCCNC(=O)COc2c(-c3csc(N4CCOCC4)n3)ccc(F)c2F)C(C)(C)C)cc1. The molecule has 2 aliphatic rings. The zero-order chi connectivity index (χ0) is 46.2. The molecule has 4 aromatic rings. The number of aliphatic hydroxyl groups is 2. The third-order valence-electron chi connectivity index (χ3n) is 11.2. The van der Waals surface area contributed by atoms with Gasteiger partial charge in [-0.2, -0.15) is 4.39 Å². The van der Waals surface area contributed by atoms with Crippen molar-refractivity contribution in [3.63, 3.8) is 0 Å². The lowest BCUT2D eigenvalue weighted by molar-refractivity contribution is -0.146. The first-order valence-electron chi connectivity index (χ1n) is 21.4. The van der Waals surface area contributed by atoms with E-state index in [1.165, 1.54) is 40.6 Å². The van der Waals surface area contributed by atoms with Crippen molar-refractivity contribution >= 4 is 51.4 Å². The molecule has 4 atom stereocenters. The number of aromatic nitrogens is 2. The number of halogens is 2. The first-order valence-corrected chi connectivity index (χ1v) is 23.2. The van der Waals surface area contributed by atoms with E-state index in [2.05, 4.69) is 30.8 Å². The lowest BCUT2D eigenvalue weighted by Gasteiger charge is -2.36. The number of aryl methyl sites for hydroxylation is 1. The minimum atomic E-state index is -1.79. The van der Waals surface area contributed by atoms with Crippen molar-refractivity contribution in [3.05, 3.63) is 70.2 Å². The van der Waals surface area contributed by atoms with Crippen molar-refractivity contribution in [2.75, 3.05) is 50.9 Å². The highest BCUT2D eigenvalue weighted by molar-refractivity contribution is 7.14. The maximum atomic E-state index is 14.9. The number of nitrogens with one attached hydrogen (secondary N) is 3. The van der Waals surface area contributed by atoms with Gasteiger partial charge in [0.25, 0.3) is 5.91 Å². The van der Waals surface area contributed by atoms with Gasteiger partial charge >= 0.3 is 0 Å². The highest BCUT2D eigenvalue weighted by atomic mass is 32.1. The molecule has 2 saturated heterocycles. The number of β-amino-alcohol motifs (C(OH)–C–C–N with tert-alkyl or cyclic N) is 1. The molecule has 4 heterocycles. The van der Waals surface area contributed by atoms with Gasteiger partial charge in [-0.1, -0.05) is 57.9 Å². The van der Waals surface area contributed by atoms with Gasteiger partial charge in [-0.25, -0.2) is 14.4 Å². The first kappa shape index (κ1) is 48.4. The Morgan fingerprint density at radius 3 is 2.39 bits per heavy atom. The van der Waals surface area contributed by atoms with Gasteiger partial charge in [0.1, 0.15) is 12.1 Å². The molecule has 2 aromatic heterocycles. The molecular weight excluding hydrogens is 869 g/mol. The number of ether oxygens (including phenoxy) is 2. The van der Waals surface area contributed by atoms with Crippen molar-refractivity contribution in [1.29, 1.82) is 0 Å². The summed E-state index contributed by atoms with van der Waals surface area (Å²) in [6.07, 6.45) is 1.54. The number of thiazole rings is 2. The summed E-state index contributed by atoms with van der Waals surface area (Å²) in [5.74, 6) is -4.72. The Bertz CT molecular complexity index is 2260. The second kappa shape index (κ2) is 21.3. The van der Waals surface area contributed by atoms with Crippen LogP contribution in [0.5, 0.6) is 5.75 Å². The van der Waals surface area contributed by atoms with Crippen molar-refractivity contribution in [2.24, 2.45) is 5.41 Å². The van der Waals surface area contributed by atoms with Gasteiger partial charge in [0.2, 0.25) is 23.5 Å². The second-order valence-electron chi connectivity index (χ2n) is 17.3. The summed E-state index contributed by atoms with van der Waals surface area (Å²) in [6.45, 7) is 10.9. The number of hydrogen-bond donors (Lipinski definition) is 5. The van der Waals surface area contributed by atoms with E-state index in [1.54, 1.807) is 43.8 Å². The van der Waals surface area contributed by atoms with E-state index < -0.39 is 71.0 Å². The van der Waals surface area contributed by atoms with E-state index in [9.17, 15) is 38.2 Å². The summed E-state index contributed by atoms with van der Waals surface area (Å²) < 4.78 is 40.1. The van der Waals surface area contributed by atoms with E-state index in [1.807, 2.05) is 19.1 Å². The minimum absolute atomic E-state index is 0.0357. The van der Waals surface area contributed by atoms with E-state index >= 15 is 0 Å². The van der Waals surface area contributed by atoms with Gasteiger partial charge in [0, 0.05) is 55.5 Å². The summed E-state index contributed by atoms with van der Waals surface area (Å²) in [5.41, 5.74) is 2.10. The molecule has 5 N–H and O–H groups in total. The van der Waals surface area contributed by atoms with Crippen LogP contribution in [0.25, 0.3) is 21.7 Å². The number of carbonyl (C=O) groups is 4. The fourth-order valence-corrected chi connectivity index (χ4v) is 9.31. The van der Waals surface area contributed by atoms with Gasteiger partial charge in [-0.05, 0) is 49.8 Å². The van der Waals surface area contributed by atoms with Gasteiger partial charge < -0.3 is 45.4 Å². The number of unbranched alkanes of at least 4 members (excludes halogenated alkanes) is 3. The molecule has 0 bridgehead atoms. The van der Waals surface area contributed by atoms with Crippen LogP contribution in [-0.4, -0.2) is 113 Å². The Morgan fingerprint density at radius 2 is 1.70 bits per heavy atom. The van der Waals surface area contributed by atoms with E-state index in [0.717, 1.165) is 27.3 Å². The molecule has 2 aliphatic heterocycles. The van der Waals surface area contributed by atoms with Crippen LogP contribution in [0.3, 0.4) is 0 Å². The van der Waals surface area contributed by atoms with Crippen LogP contribution in [-0.2, 0) is 29.6 Å². The van der Waals surface area contributed by atoms with Gasteiger partial charge in [0.05, 0.1) is 41.1 Å². The van der Waals surface area contributed by atoms with Gasteiger partial charge in [-0.3, -0.25) is 19.2 Å². The number of rotatable bonds is 18. The molecule has 15 nitrogen and oxygen atoms in total. The molecule has 0 saturated carbocycles. The highest BCUT2D eigenvalue weighted by Gasteiger charge is 2.45. The fourth-order valence-electron chi connectivity index (χ4n) is 7.62. The zero-order valence-electron chi connectivity index (χ0n) is 36.7. The smallest absolute Gasteiger partial charge is 0.257 e. The Kier molecular flexibility index (Phi) is 16.1. The largest absolute Gasteiger partial charge is 0.480 e. The van der Waals surface area contributed by atoms with Crippen LogP contribution < -0.4 is 25.6 Å². The molecule has 2 aromatic carbocycles. The molecule has 0 spiro atoms. The van der Waals surface area contributed by atoms with E-state index in [0.29, 0.717) is 69.8 Å².